The van der Waals surface area contributed by atoms with Gasteiger partial charge in [-0.05, 0) is 25.1 Å². The zero-order chi connectivity index (χ0) is 14.5. The van der Waals surface area contributed by atoms with Crippen LogP contribution in [0.3, 0.4) is 0 Å². The number of nitrogens with one attached hydrogen (secondary N) is 1. The van der Waals surface area contributed by atoms with Gasteiger partial charge in [0.2, 0.25) is 0 Å². The number of halogens is 3. The number of ether oxygens (including phenoxy) is 2. The Balaban J connectivity index is 0.00000220. The van der Waals surface area contributed by atoms with Gasteiger partial charge in [0.15, 0.2) is 0 Å². The van der Waals surface area contributed by atoms with Crippen molar-refractivity contribution in [2.24, 2.45) is 0 Å². The molecule has 0 amide bonds. The van der Waals surface area contributed by atoms with Crippen molar-refractivity contribution in [3.63, 3.8) is 0 Å². The molecule has 0 bridgehead atoms. The highest BCUT2D eigenvalue weighted by atomic mass is 35.5. The first-order valence-electron chi connectivity index (χ1n) is 6.66. The number of nitrogens with zero attached hydrogens (tertiary/aromatic N) is 1. The predicted octanol–water partition coefficient (Wildman–Crippen LogP) is 2.51. The Morgan fingerprint density at radius 2 is 2.19 bits per heavy atom. The van der Waals surface area contributed by atoms with Crippen molar-refractivity contribution in [3.05, 3.63) is 23.8 Å². The molecule has 7 heteroatoms. The number of rotatable bonds is 5. The Labute approximate surface area is 129 Å². The van der Waals surface area contributed by atoms with Gasteiger partial charge in [0.1, 0.15) is 11.5 Å². The topological polar surface area (TPSA) is 33.7 Å². The van der Waals surface area contributed by atoms with Crippen LogP contribution >= 0.6 is 12.4 Å². The van der Waals surface area contributed by atoms with Gasteiger partial charge in [-0.2, -0.15) is 8.78 Å². The van der Waals surface area contributed by atoms with Crippen molar-refractivity contribution in [1.82, 2.24) is 10.2 Å². The summed E-state index contributed by atoms with van der Waals surface area (Å²) in [5, 5.41) is 3.35. The highest BCUT2D eigenvalue weighted by molar-refractivity contribution is 5.85. The molecular formula is C14H21ClF2N2O2. The first-order valence-corrected chi connectivity index (χ1v) is 6.66. The van der Waals surface area contributed by atoms with E-state index in [1.807, 2.05) is 0 Å². The van der Waals surface area contributed by atoms with E-state index in [9.17, 15) is 8.78 Å². The maximum Gasteiger partial charge on any atom is 0.387 e. The molecule has 1 aliphatic heterocycles. The van der Waals surface area contributed by atoms with Crippen LogP contribution in [0.2, 0.25) is 0 Å². The molecule has 0 radical (unpaired) electrons. The summed E-state index contributed by atoms with van der Waals surface area (Å²) in [6.45, 7) is 2.53. The molecule has 0 spiro atoms. The summed E-state index contributed by atoms with van der Waals surface area (Å²) in [4.78, 5) is 2.22. The van der Waals surface area contributed by atoms with Gasteiger partial charge in [-0.1, -0.05) is 0 Å². The summed E-state index contributed by atoms with van der Waals surface area (Å²) < 4.78 is 34.6. The number of piperazine rings is 1. The summed E-state index contributed by atoms with van der Waals surface area (Å²) >= 11 is 0. The van der Waals surface area contributed by atoms with E-state index in [1.54, 1.807) is 19.2 Å². The number of hydrogen-bond donors (Lipinski definition) is 1. The summed E-state index contributed by atoms with van der Waals surface area (Å²) in [5.41, 5.74) is 0.721. The Morgan fingerprint density at radius 3 is 2.81 bits per heavy atom. The maximum atomic E-state index is 12.4. The van der Waals surface area contributed by atoms with Crippen molar-refractivity contribution >= 4 is 12.4 Å². The molecule has 1 atom stereocenters. The molecular weight excluding hydrogens is 302 g/mol. The van der Waals surface area contributed by atoms with Crippen LogP contribution in [-0.2, 0) is 6.54 Å². The monoisotopic (exact) mass is 322 g/mol. The third-order valence-electron chi connectivity index (χ3n) is 3.33. The van der Waals surface area contributed by atoms with E-state index in [1.165, 1.54) is 6.07 Å². The molecule has 1 N–H and O–H groups in total. The van der Waals surface area contributed by atoms with E-state index in [4.69, 9.17) is 4.74 Å². The highest BCUT2D eigenvalue weighted by Crippen LogP contribution is 2.27. The third-order valence-corrected chi connectivity index (χ3v) is 3.33. The van der Waals surface area contributed by atoms with Gasteiger partial charge in [-0.3, -0.25) is 4.90 Å². The minimum absolute atomic E-state index is 0. The molecule has 1 aromatic carbocycles. The molecule has 1 unspecified atom stereocenters. The Morgan fingerprint density at radius 1 is 1.43 bits per heavy atom. The summed E-state index contributed by atoms with van der Waals surface area (Å²) in [6, 6.07) is 5.31. The van der Waals surface area contributed by atoms with E-state index >= 15 is 0 Å². The van der Waals surface area contributed by atoms with Crippen molar-refractivity contribution < 1.29 is 18.3 Å². The van der Waals surface area contributed by atoms with Crippen molar-refractivity contribution in [3.8, 4) is 11.5 Å². The zero-order valence-corrected chi connectivity index (χ0v) is 13.0. The molecule has 1 aliphatic rings. The lowest BCUT2D eigenvalue weighted by molar-refractivity contribution is -0.0508. The van der Waals surface area contributed by atoms with Crippen LogP contribution in [0.5, 0.6) is 11.5 Å². The van der Waals surface area contributed by atoms with Gasteiger partial charge in [-0.15, -0.1) is 12.4 Å². The number of alkyl halides is 2. The summed E-state index contributed by atoms with van der Waals surface area (Å²) in [7, 11) is 1.56. The lowest BCUT2D eigenvalue weighted by Gasteiger charge is -2.32. The van der Waals surface area contributed by atoms with Crippen molar-refractivity contribution in [2.45, 2.75) is 26.1 Å². The molecule has 0 aromatic heterocycles. The fourth-order valence-electron chi connectivity index (χ4n) is 2.41. The van der Waals surface area contributed by atoms with Crippen LogP contribution in [0.25, 0.3) is 0 Å². The normalized spacial score (nSPS) is 19.2. The largest absolute Gasteiger partial charge is 0.497 e. The summed E-state index contributed by atoms with van der Waals surface area (Å²) in [5.74, 6) is 0.858. The molecule has 0 saturated carbocycles. The molecule has 1 heterocycles. The van der Waals surface area contributed by atoms with Gasteiger partial charge < -0.3 is 14.8 Å². The smallest absolute Gasteiger partial charge is 0.387 e. The van der Waals surface area contributed by atoms with Crippen LogP contribution in [0, 0.1) is 0 Å². The summed E-state index contributed by atoms with van der Waals surface area (Å²) in [6.07, 6.45) is 0. The fourth-order valence-corrected chi connectivity index (χ4v) is 2.41. The maximum absolute atomic E-state index is 12.4. The van der Waals surface area contributed by atoms with Crippen molar-refractivity contribution in [2.75, 3.05) is 26.7 Å². The number of methoxy groups -OCH3 is 1. The molecule has 1 fully saturated rings. The molecule has 1 aromatic rings. The first kappa shape index (κ1) is 17.9. The Bertz CT molecular complexity index is 449. The average Bonchev–Trinajstić information content (AvgIpc) is 2.40. The molecule has 4 nitrogen and oxygen atoms in total. The second-order valence-electron chi connectivity index (χ2n) is 4.94. The average molecular weight is 323 g/mol. The second kappa shape index (κ2) is 8.36. The molecule has 0 aliphatic carbocycles. The number of benzene rings is 1. The molecule has 2 rings (SSSR count). The minimum atomic E-state index is -2.82. The quantitative estimate of drug-likeness (QED) is 0.903. The zero-order valence-electron chi connectivity index (χ0n) is 12.1. The van der Waals surface area contributed by atoms with Gasteiger partial charge in [0, 0.05) is 37.8 Å². The third kappa shape index (κ3) is 5.30. The van der Waals surface area contributed by atoms with E-state index < -0.39 is 6.61 Å². The van der Waals surface area contributed by atoms with Crippen LogP contribution in [0.15, 0.2) is 18.2 Å². The second-order valence-corrected chi connectivity index (χ2v) is 4.94. The minimum Gasteiger partial charge on any atom is -0.497 e. The number of hydrogen-bond acceptors (Lipinski definition) is 4. The van der Waals surface area contributed by atoms with Gasteiger partial charge in [-0.25, -0.2) is 0 Å². The van der Waals surface area contributed by atoms with Crippen LogP contribution in [0.4, 0.5) is 8.78 Å². The molecule has 21 heavy (non-hydrogen) atoms. The Kier molecular flexibility index (Phi) is 7.14. The predicted molar refractivity (Wildman–Crippen MR) is 79.6 cm³/mol. The van der Waals surface area contributed by atoms with E-state index in [2.05, 4.69) is 21.9 Å². The molecule has 120 valence electrons. The standard InChI is InChI=1S/C14H20F2N2O2.ClH/c1-10-8-18(6-5-17-10)9-11-7-12(19-2)3-4-13(11)20-14(15)16;/h3-4,7,10,14,17H,5-6,8-9H2,1-2H3;1H. The lowest BCUT2D eigenvalue weighted by Crippen LogP contribution is -2.48. The van der Waals surface area contributed by atoms with Gasteiger partial charge in [0.25, 0.3) is 0 Å². The van der Waals surface area contributed by atoms with Crippen LogP contribution < -0.4 is 14.8 Å². The first-order chi connectivity index (χ1) is 9.58. The lowest BCUT2D eigenvalue weighted by atomic mass is 10.1. The van der Waals surface area contributed by atoms with Gasteiger partial charge in [0.05, 0.1) is 7.11 Å². The molecule has 1 saturated heterocycles. The highest BCUT2D eigenvalue weighted by Gasteiger charge is 2.18. The van der Waals surface area contributed by atoms with Crippen LogP contribution in [-0.4, -0.2) is 44.3 Å². The van der Waals surface area contributed by atoms with E-state index in [0.29, 0.717) is 18.3 Å². The van der Waals surface area contributed by atoms with Crippen molar-refractivity contribution in [1.29, 1.82) is 0 Å². The van der Waals surface area contributed by atoms with E-state index in [0.717, 1.165) is 25.2 Å². The van der Waals surface area contributed by atoms with E-state index in [-0.39, 0.29) is 18.2 Å². The SMILES string of the molecule is COc1ccc(OC(F)F)c(CN2CCNC(C)C2)c1.Cl. The fraction of sp³-hybridized carbons (Fsp3) is 0.571. The van der Waals surface area contributed by atoms with Gasteiger partial charge >= 0.3 is 6.61 Å². The Hall–Kier alpha value is -1.11. The van der Waals surface area contributed by atoms with Crippen LogP contribution in [0.1, 0.15) is 12.5 Å².